The smallest absolute Gasteiger partial charge is 0.255 e. The predicted molar refractivity (Wildman–Crippen MR) is 119 cm³/mol. The first-order valence-corrected chi connectivity index (χ1v) is 10.0. The number of amides is 1. The maximum atomic E-state index is 13.0. The van der Waals surface area contributed by atoms with Gasteiger partial charge in [0.15, 0.2) is 5.76 Å². The van der Waals surface area contributed by atoms with Crippen LogP contribution in [0.2, 0.25) is 0 Å². The van der Waals surface area contributed by atoms with Crippen LogP contribution in [-0.4, -0.2) is 18.8 Å². The zero-order valence-electron chi connectivity index (χ0n) is 16.4. The number of anilines is 1. The lowest BCUT2D eigenvalue weighted by Crippen LogP contribution is -2.11. The van der Waals surface area contributed by atoms with Gasteiger partial charge in [-0.1, -0.05) is 28.1 Å². The molecule has 0 saturated carbocycles. The number of carbonyl (C=O) groups excluding carboxylic acids is 2. The van der Waals surface area contributed by atoms with E-state index in [2.05, 4.69) is 21.2 Å². The van der Waals surface area contributed by atoms with Crippen LogP contribution in [0.15, 0.2) is 75.6 Å². The summed E-state index contributed by atoms with van der Waals surface area (Å²) in [6.07, 6.45) is 0. The Morgan fingerprint density at radius 1 is 0.967 bits per heavy atom. The van der Waals surface area contributed by atoms with Crippen LogP contribution >= 0.6 is 15.9 Å². The summed E-state index contributed by atoms with van der Waals surface area (Å²) in [6, 6.07) is 19.4. The Bertz CT molecular complexity index is 1260. The van der Waals surface area contributed by atoms with Crippen molar-refractivity contribution < 1.29 is 18.7 Å². The highest BCUT2D eigenvalue weighted by Crippen LogP contribution is 2.30. The number of rotatable bonds is 5. The highest BCUT2D eigenvalue weighted by atomic mass is 79.9. The third-order valence-electron chi connectivity index (χ3n) is 4.84. The van der Waals surface area contributed by atoms with Gasteiger partial charge >= 0.3 is 0 Å². The van der Waals surface area contributed by atoms with Gasteiger partial charge in [-0.3, -0.25) is 9.59 Å². The van der Waals surface area contributed by atoms with E-state index < -0.39 is 0 Å². The third kappa shape index (κ3) is 3.86. The fourth-order valence-corrected chi connectivity index (χ4v) is 3.48. The summed E-state index contributed by atoms with van der Waals surface area (Å²) >= 11 is 3.36. The molecule has 4 aromatic rings. The number of carbonyl (C=O) groups is 2. The summed E-state index contributed by atoms with van der Waals surface area (Å²) in [4.78, 5) is 25.4. The molecule has 30 heavy (non-hydrogen) atoms. The van der Waals surface area contributed by atoms with Crippen LogP contribution in [0.1, 0.15) is 32.0 Å². The van der Waals surface area contributed by atoms with Gasteiger partial charge in [0.2, 0.25) is 5.78 Å². The molecule has 1 N–H and O–H groups in total. The Labute approximate surface area is 181 Å². The van der Waals surface area contributed by atoms with E-state index in [9.17, 15) is 9.59 Å². The average molecular weight is 464 g/mol. The molecule has 0 fully saturated rings. The zero-order valence-corrected chi connectivity index (χ0v) is 17.9. The van der Waals surface area contributed by atoms with Crippen molar-refractivity contribution in [1.29, 1.82) is 0 Å². The van der Waals surface area contributed by atoms with Gasteiger partial charge in [0.1, 0.15) is 11.3 Å². The van der Waals surface area contributed by atoms with Crippen molar-refractivity contribution in [3.8, 4) is 5.75 Å². The summed E-state index contributed by atoms with van der Waals surface area (Å²) in [7, 11) is 1.56. The lowest BCUT2D eigenvalue weighted by molar-refractivity contribution is 0.101. The van der Waals surface area contributed by atoms with Gasteiger partial charge < -0.3 is 14.5 Å². The van der Waals surface area contributed by atoms with Gasteiger partial charge in [0.05, 0.1) is 7.11 Å². The minimum atomic E-state index is -0.219. The van der Waals surface area contributed by atoms with Crippen molar-refractivity contribution in [1.82, 2.24) is 0 Å². The Hall–Kier alpha value is -3.38. The van der Waals surface area contributed by atoms with Crippen LogP contribution in [0.4, 0.5) is 5.69 Å². The molecule has 0 saturated heterocycles. The first-order valence-electron chi connectivity index (χ1n) is 9.25. The molecule has 0 aliphatic carbocycles. The van der Waals surface area contributed by atoms with Crippen LogP contribution in [0, 0.1) is 6.92 Å². The molecule has 0 aliphatic rings. The van der Waals surface area contributed by atoms with E-state index in [0.29, 0.717) is 28.1 Å². The number of methoxy groups -OCH3 is 1. The summed E-state index contributed by atoms with van der Waals surface area (Å²) in [5.41, 5.74) is 2.97. The number of benzene rings is 3. The second-order valence-corrected chi connectivity index (χ2v) is 7.70. The van der Waals surface area contributed by atoms with Gasteiger partial charge in [-0.15, -0.1) is 0 Å². The third-order valence-corrected chi connectivity index (χ3v) is 5.37. The van der Waals surface area contributed by atoms with E-state index in [4.69, 9.17) is 9.15 Å². The fraction of sp³-hybridized carbons (Fsp3) is 0.0833. The molecule has 0 radical (unpaired) electrons. The van der Waals surface area contributed by atoms with Crippen LogP contribution in [-0.2, 0) is 0 Å². The molecule has 0 atom stereocenters. The normalized spacial score (nSPS) is 10.8. The second-order valence-electron chi connectivity index (χ2n) is 6.79. The van der Waals surface area contributed by atoms with E-state index in [-0.39, 0.29) is 17.5 Å². The molecule has 0 bridgehead atoms. The van der Waals surface area contributed by atoms with Crippen molar-refractivity contribution in [2.24, 2.45) is 0 Å². The lowest BCUT2D eigenvalue weighted by Gasteiger charge is -2.05. The maximum absolute atomic E-state index is 13.0. The topological polar surface area (TPSA) is 68.5 Å². The van der Waals surface area contributed by atoms with Crippen LogP contribution in [0.3, 0.4) is 0 Å². The van der Waals surface area contributed by atoms with Gasteiger partial charge in [-0.25, -0.2) is 0 Å². The van der Waals surface area contributed by atoms with Crippen LogP contribution in [0.5, 0.6) is 5.75 Å². The number of fused-ring (bicyclic) bond motifs is 1. The summed E-state index contributed by atoms with van der Waals surface area (Å²) in [5, 5.41) is 3.66. The summed E-state index contributed by atoms with van der Waals surface area (Å²) in [6.45, 7) is 1.83. The van der Waals surface area contributed by atoms with Gasteiger partial charge in [0.25, 0.3) is 5.91 Å². The Balaban J connectivity index is 1.64. The van der Waals surface area contributed by atoms with Crippen LogP contribution in [0.25, 0.3) is 11.0 Å². The van der Waals surface area contributed by atoms with Crippen molar-refractivity contribution in [3.63, 3.8) is 0 Å². The summed E-state index contributed by atoms with van der Waals surface area (Å²) in [5.74, 6) is 0.445. The largest absolute Gasteiger partial charge is 0.497 e. The molecule has 3 aromatic carbocycles. The number of aryl methyl sites for hydroxylation is 1. The van der Waals surface area contributed by atoms with Crippen molar-refractivity contribution >= 4 is 44.3 Å². The van der Waals surface area contributed by atoms with Crippen molar-refractivity contribution in [2.45, 2.75) is 6.92 Å². The molecule has 6 heteroatoms. The number of ketones is 1. The van der Waals surface area contributed by atoms with E-state index in [1.165, 1.54) is 0 Å². The minimum absolute atomic E-state index is 0.212. The van der Waals surface area contributed by atoms with Crippen molar-refractivity contribution in [2.75, 3.05) is 12.4 Å². The SMILES string of the molecule is COc1cccc(C(=O)c2oc3ccc(NC(=O)c4ccc(Br)cc4)cc3c2C)c1. The molecule has 1 amide bonds. The van der Waals surface area contributed by atoms with Gasteiger partial charge in [-0.05, 0) is 61.5 Å². The predicted octanol–water partition coefficient (Wildman–Crippen LogP) is 6.00. The first kappa shape index (κ1) is 19.9. The molecule has 0 aliphatic heterocycles. The molecule has 150 valence electrons. The molecule has 4 rings (SSSR count). The minimum Gasteiger partial charge on any atom is -0.497 e. The Morgan fingerprint density at radius 2 is 1.73 bits per heavy atom. The van der Waals surface area contributed by atoms with Gasteiger partial charge in [0, 0.05) is 32.2 Å². The Kier molecular flexibility index (Phi) is 5.42. The Morgan fingerprint density at radius 3 is 2.47 bits per heavy atom. The quantitative estimate of drug-likeness (QED) is 0.368. The van der Waals surface area contributed by atoms with E-state index in [0.717, 1.165) is 15.4 Å². The van der Waals surface area contributed by atoms with Gasteiger partial charge in [-0.2, -0.15) is 0 Å². The molecule has 1 heterocycles. The molecular formula is C24H18BrNO4. The molecule has 0 unspecified atom stereocenters. The van der Waals surface area contributed by atoms with Crippen LogP contribution < -0.4 is 10.1 Å². The first-order chi connectivity index (χ1) is 14.5. The standard InChI is InChI=1S/C24H18BrNO4/c1-14-20-13-18(26-24(28)15-6-8-17(25)9-7-15)10-11-21(20)30-23(14)22(27)16-4-3-5-19(12-16)29-2/h3-13H,1-2H3,(H,26,28). The summed E-state index contributed by atoms with van der Waals surface area (Å²) < 4.78 is 11.9. The maximum Gasteiger partial charge on any atom is 0.255 e. The number of nitrogens with one attached hydrogen (secondary N) is 1. The number of ether oxygens (including phenoxy) is 1. The average Bonchev–Trinajstić information content (AvgIpc) is 3.09. The van der Waals surface area contributed by atoms with E-state index in [1.807, 2.05) is 25.1 Å². The van der Waals surface area contributed by atoms with Crippen molar-refractivity contribution in [3.05, 3.63) is 93.7 Å². The monoisotopic (exact) mass is 463 g/mol. The highest BCUT2D eigenvalue weighted by Gasteiger charge is 2.20. The number of hydrogen-bond donors (Lipinski definition) is 1. The fourth-order valence-electron chi connectivity index (χ4n) is 3.22. The molecule has 1 aromatic heterocycles. The van der Waals surface area contributed by atoms with E-state index >= 15 is 0 Å². The lowest BCUT2D eigenvalue weighted by atomic mass is 10.0. The molecule has 0 spiro atoms. The second kappa shape index (κ2) is 8.16. The number of furan rings is 1. The number of hydrogen-bond acceptors (Lipinski definition) is 4. The number of halogens is 1. The van der Waals surface area contributed by atoms with E-state index in [1.54, 1.807) is 55.6 Å². The molecular weight excluding hydrogens is 446 g/mol. The zero-order chi connectivity index (χ0) is 21.3. The highest BCUT2D eigenvalue weighted by molar-refractivity contribution is 9.10. The molecule has 5 nitrogen and oxygen atoms in total.